The van der Waals surface area contributed by atoms with Crippen LogP contribution in [0.3, 0.4) is 0 Å². The fraction of sp³-hybridized carbons (Fsp3) is 0.600. The van der Waals surface area contributed by atoms with Crippen molar-refractivity contribution in [3.8, 4) is 5.75 Å². The van der Waals surface area contributed by atoms with E-state index in [9.17, 15) is 5.11 Å². The summed E-state index contributed by atoms with van der Waals surface area (Å²) < 4.78 is 5.55. The standard InChI is InChI=1S/C15H23NO2/c1-11-4-3-5-15(6-11)18-10-14(17)9-16-8-13-7-12(13)2/h3-6,12-14,16-17H,7-10H2,1-2H3. The normalized spacial score (nSPS) is 23.7. The molecule has 0 spiro atoms. The Labute approximate surface area is 109 Å². The van der Waals surface area contributed by atoms with E-state index in [4.69, 9.17) is 4.74 Å². The van der Waals surface area contributed by atoms with Crippen molar-refractivity contribution in [3.05, 3.63) is 29.8 Å². The first kappa shape index (κ1) is 13.4. The second-order valence-corrected chi connectivity index (χ2v) is 5.41. The lowest BCUT2D eigenvalue weighted by Gasteiger charge is -2.13. The summed E-state index contributed by atoms with van der Waals surface area (Å²) in [6.07, 6.45) is 0.877. The first-order chi connectivity index (χ1) is 8.65. The number of rotatable bonds is 7. The summed E-state index contributed by atoms with van der Waals surface area (Å²) in [5.41, 5.74) is 1.17. The van der Waals surface area contributed by atoms with E-state index in [0.717, 1.165) is 24.1 Å². The summed E-state index contributed by atoms with van der Waals surface area (Å²) in [7, 11) is 0. The summed E-state index contributed by atoms with van der Waals surface area (Å²) >= 11 is 0. The molecule has 0 bridgehead atoms. The van der Waals surface area contributed by atoms with Crippen LogP contribution in [0.25, 0.3) is 0 Å². The van der Waals surface area contributed by atoms with Gasteiger partial charge in [-0.25, -0.2) is 0 Å². The second kappa shape index (κ2) is 6.21. The quantitative estimate of drug-likeness (QED) is 0.776. The number of hydrogen-bond acceptors (Lipinski definition) is 3. The van der Waals surface area contributed by atoms with Crippen molar-refractivity contribution >= 4 is 0 Å². The van der Waals surface area contributed by atoms with Crippen molar-refractivity contribution in [1.29, 1.82) is 0 Å². The second-order valence-electron chi connectivity index (χ2n) is 5.41. The van der Waals surface area contributed by atoms with Crippen LogP contribution in [-0.4, -0.2) is 30.9 Å². The van der Waals surface area contributed by atoms with E-state index >= 15 is 0 Å². The van der Waals surface area contributed by atoms with Crippen LogP contribution >= 0.6 is 0 Å². The number of aryl methyl sites for hydroxylation is 1. The Balaban J connectivity index is 1.60. The van der Waals surface area contributed by atoms with E-state index in [0.29, 0.717) is 13.2 Å². The molecule has 0 radical (unpaired) electrons. The molecule has 3 nitrogen and oxygen atoms in total. The highest BCUT2D eigenvalue weighted by molar-refractivity contribution is 5.27. The lowest BCUT2D eigenvalue weighted by atomic mass is 10.2. The van der Waals surface area contributed by atoms with E-state index in [1.54, 1.807) is 0 Å². The molecule has 1 aromatic rings. The Morgan fingerprint density at radius 2 is 2.28 bits per heavy atom. The van der Waals surface area contributed by atoms with E-state index in [1.807, 2.05) is 31.2 Å². The number of benzene rings is 1. The number of aliphatic hydroxyl groups excluding tert-OH is 1. The van der Waals surface area contributed by atoms with Gasteiger partial charge in [-0.2, -0.15) is 0 Å². The predicted molar refractivity (Wildman–Crippen MR) is 72.8 cm³/mol. The van der Waals surface area contributed by atoms with E-state index in [2.05, 4.69) is 12.2 Å². The first-order valence-electron chi connectivity index (χ1n) is 6.73. The minimum absolute atomic E-state index is 0.344. The smallest absolute Gasteiger partial charge is 0.119 e. The van der Waals surface area contributed by atoms with Crippen LogP contribution in [0.2, 0.25) is 0 Å². The molecular formula is C15H23NO2. The van der Waals surface area contributed by atoms with Gasteiger partial charge in [0.15, 0.2) is 0 Å². The van der Waals surface area contributed by atoms with Gasteiger partial charge in [0.25, 0.3) is 0 Å². The predicted octanol–water partition coefficient (Wildman–Crippen LogP) is 1.98. The summed E-state index contributed by atoms with van der Waals surface area (Å²) in [6.45, 7) is 6.26. The summed E-state index contributed by atoms with van der Waals surface area (Å²) in [5.74, 6) is 2.50. The van der Waals surface area contributed by atoms with Crippen LogP contribution in [0.1, 0.15) is 18.9 Å². The maximum atomic E-state index is 9.79. The molecule has 0 aromatic heterocycles. The number of aliphatic hydroxyl groups is 1. The van der Waals surface area contributed by atoms with Gasteiger partial charge in [0.2, 0.25) is 0 Å². The Bertz CT molecular complexity index is 381. The zero-order valence-electron chi connectivity index (χ0n) is 11.2. The largest absolute Gasteiger partial charge is 0.491 e. The molecule has 2 N–H and O–H groups in total. The average Bonchev–Trinajstić information content (AvgIpc) is 3.03. The van der Waals surface area contributed by atoms with Crippen LogP contribution in [0.4, 0.5) is 0 Å². The van der Waals surface area contributed by atoms with Crippen LogP contribution in [0.5, 0.6) is 5.75 Å². The molecule has 100 valence electrons. The third-order valence-corrected chi connectivity index (χ3v) is 3.49. The molecule has 3 atom stereocenters. The SMILES string of the molecule is Cc1cccc(OCC(O)CNCC2CC2C)c1. The van der Waals surface area contributed by atoms with Gasteiger partial charge in [0.1, 0.15) is 18.5 Å². The fourth-order valence-electron chi connectivity index (χ4n) is 2.08. The topological polar surface area (TPSA) is 41.5 Å². The molecule has 1 aliphatic carbocycles. The Hall–Kier alpha value is -1.06. The third-order valence-electron chi connectivity index (χ3n) is 3.49. The summed E-state index contributed by atoms with van der Waals surface area (Å²) in [6, 6.07) is 7.89. The molecule has 2 rings (SSSR count). The molecule has 1 aliphatic rings. The van der Waals surface area contributed by atoms with Gasteiger partial charge in [-0.15, -0.1) is 0 Å². The molecule has 3 heteroatoms. The Kier molecular flexibility index (Phi) is 4.61. The molecule has 0 saturated heterocycles. The summed E-state index contributed by atoms with van der Waals surface area (Å²) in [5, 5.41) is 13.1. The van der Waals surface area contributed by atoms with Crippen molar-refractivity contribution in [1.82, 2.24) is 5.32 Å². The minimum atomic E-state index is -0.445. The van der Waals surface area contributed by atoms with E-state index in [-0.39, 0.29) is 0 Å². The van der Waals surface area contributed by atoms with Crippen molar-refractivity contribution in [2.24, 2.45) is 11.8 Å². The van der Waals surface area contributed by atoms with Crippen LogP contribution in [0, 0.1) is 18.8 Å². The molecular weight excluding hydrogens is 226 g/mol. The van der Waals surface area contributed by atoms with Crippen molar-refractivity contribution in [3.63, 3.8) is 0 Å². The first-order valence-corrected chi connectivity index (χ1v) is 6.73. The van der Waals surface area contributed by atoms with Gasteiger partial charge in [0.05, 0.1) is 0 Å². The van der Waals surface area contributed by atoms with Crippen molar-refractivity contribution < 1.29 is 9.84 Å². The molecule has 1 fully saturated rings. The molecule has 0 amide bonds. The van der Waals surface area contributed by atoms with Crippen molar-refractivity contribution in [2.45, 2.75) is 26.4 Å². The number of nitrogens with one attached hydrogen (secondary N) is 1. The molecule has 3 unspecified atom stereocenters. The highest BCUT2D eigenvalue weighted by Crippen LogP contribution is 2.36. The van der Waals surface area contributed by atoms with Crippen LogP contribution < -0.4 is 10.1 Å². The summed E-state index contributed by atoms with van der Waals surface area (Å²) in [4.78, 5) is 0. The average molecular weight is 249 g/mol. The van der Waals surface area contributed by atoms with Crippen molar-refractivity contribution in [2.75, 3.05) is 19.7 Å². The van der Waals surface area contributed by atoms with E-state index < -0.39 is 6.10 Å². The maximum Gasteiger partial charge on any atom is 0.119 e. The number of hydrogen-bond donors (Lipinski definition) is 2. The van der Waals surface area contributed by atoms with Crippen LogP contribution in [-0.2, 0) is 0 Å². The monoisotopic (exact) mass is 249 g/mol. The fourth-order valence-corrected chi connectivity index (χ4v) is 2.08. The minimum Gasteiger partial charge on any atom is -0.491 e. The van der Waals surface area contributed by atoms with Gasteiger partial charge >= 0.3 is 0 Å². The zero-order chi connectivity index (χ0) is 13.0. The highest BCUT2D eigenvalue weighted by atomic mass is 16.5. The Morgan fingerprint density at radius 1 is 1.50 bits per heavy atom. The van der Waals surface area contributed by atoms with E-state index in [1.165, 1.54) is 12.0 Å². The number of ether oxygens (including phenoxy) is 1. The van der Waals surface area contributed by atoms with Gasteiger partial charge in [0, 0.05) is 6.54 Å². The molecule has 18 heavy (non-hydrogen) atoms. The van der Waals surface area contributed by atoms with Gasteiger partial charge < -0.3 is 15.2 Å². The van der Waals surface area contributed by atoms with Gasteiger partial charge in [-0.1, -0.05) is 19.1 Å². The molecule has 1 aromatic carbocycles. The van der Waals surface area contributed by atoms with Gasteiger partial charge in [-0.05, 0) is 49.4 Å². The molecule has 0 aliphatic heterocycles. The molecule has 1 saturated carbocycles. The third kappa shape index (κ3) is 4.31. The zero-order valence-corrected chi connectivity index (χ0v) is 11.2. The molecule has 0 heterocycles. The van der Waals surface area contributed by atoms with Crippen LogP contribution in [0.15, 0.2) is 24.3 Å². The maximum absolute atomic E-state index is 9.79. The van der Waals surface area contributed by atoms with Gasteiger partial charge in [-0.3, -0.25) is 0 Å². The lowest BCUT2D eigenvalue weighted by Crippen LogP contribution is -2.32. The lowest BCUT2D eigenvalue weighted by molar-refractivity contribution is 0.106. The highest BCUT2D eigenvalue weighted by Gasteiger charge is 2.31. The Morgan fingerprint density at radius 3 is 2.94 bits per heavy atom.